The molecule has 0 saturated carbocycles. The summed E-state index contributed by atoms with van der Waals surface area (Å²) in [5.74, 6) is 0.0978. The molecule has 1 saturated heterocycles. The SMILES string of the molecule is CCCN(CC1CCCN1)S(=O)(=O)Cc1ccccc1. The average molecular weight is 296 g/mol. The Labute approximate surface area is 122 Å². The largest absolute Gasteiger partial charge is 0.313 e. The number of nitrogens with one attached hydrogen (secondary N) is 1. The van der Waals surface area contributed by atoms with Gasteiger partial charge in [0.25, 0.3) is 0 Å². The van der Waals surface area contributed by atoms with E-state index in [-0.39, 0.29) is 5.75 Å². The van der Waals surface area contributed by atoms with Crippen LogP contribution in [-0.4, -0.2) is 38.4 Å². The fourth-order valence-corrected chi connectivity index (χ4v) is 4.29. The Hall–Kier alpha value is -0.910. The van der Waals surface area contributed by atoms with Crippen molar-refractivity contribution in [2.24, 2.45) is 0 Å². The Balaban J connectivity index is 2.05. The van der Waals surface area contributed by atoms with Crippen LogP contribution in [0.1, 0.15) is 31.7 Å². The molecular formula is C15H24N2O2S. The first kappa shape index (κ1) is 15.5. The van der Waals surface area contributed by atoms with E-state index in [0.717, 1.165) is 31.4 Å². The molecule has 1 aromatic carbocycles. The lowest BCUT2D eigenvalue weighted by atomic mass is 10.2. The van der Waals surface area contributed by atoms with E-state index < -0.39 is 10.0 Å². The van der Waals surface area contributed by atoms with Crippen molar-refractivity contribution in [2.75, 3.05) is 19.6 Å². The van der Waals surface area contributed by atoms with Crippen LogP contribution in [0.2, 0.25) is 0 Å². The molecule has 0 bridgehead atoms. The fourth-order valence-electron chi connectivity index (χ4n) is 2.63. The molecule has 1 aliphatic heterocycles. The Morgan fingerprint density at radius 1 is 1.30 bits per heavy atom. The van der Waals surface area contributed by atoms with E-state index >= 15 is 0 Å². The first-order valence-corrected chi connectivity index (χ1v) is 8.98. The number of hydrogen-bond donors (Lipinski definition) is 1. The van der Waals surface area contributed by atoms with Crippen LogP contribution in [-0.2, 0) is 15.8 Å². The maximum atomic E-state index is 12.6. The molecule has 1 heterocycles. The second kappa shape index (κ2) is 7.20. The normalized spacial score (nSPS) is 19.6. The summed E-state index contributed by atoms with van der Waals surface area (Å²) in [6, 6.07) is 9.72. The van der Waals surface area contributed by atoms with Gasteiger partial charge in [0.05, 0.1) is 5.75 Å². The molecule has 4 nitrogen and oxygen atoms in total. The molecule has 0 amide bonds. The zero-order valence-electron chi connectivity index (χ0n) is 12.1. The van der Waals surface area contributed by atoms with Gasteiger partial charge >= 0.3 is 0 Å². The molecule has 20 heavy (non-hydrogen) atoms. The van der Waals surface area contributed by atoms with Gasteiger partial charge in [0.1, 0.15) is 0 Å². The fraction of sp³-hybridized carbons (Fsp3) is 0.600. The Bertz CT molecular complexity index is 496. The van der Waals surface area contributed by atoms with Gasteiger partial charge in [-0.2, -0.15) is 0 Å². The molecule has 2 rings (SSSR count). The van der Waals surface area contributed by atoms with Crippen molar-refractivity contribution in [3.63, 3.8) is 0 Å². The topological polar surface area (TPSA) is 49.4 Å². The van der Waals surface area contributed by atoms with Crippen molar-refractivity contribution < 1.29 is 8.42 Å². The molecule has 1 fully saturated rings. The zero-order valence-corrected chi connectivity index (χ0v) is 12.9. The standard InChI is InChI=1S/C15H24N2O2S/c1-2-11-17(12-15-9-6-10-16-15)20(18,19)13-14-7-4-3-5-8-14/h3-5,7-8,15-16H,2,6,9-13H2,1H3. The van der Waals surface area contributed by atoms with E-state index in [0.29, 0.717) is 19.1 Å². The predicted molar refractivity (Wildman–Crippen MR) is 82.0 cm³/mol. The minimum Gasteiger partial charge on any atom is -0.313 e. The van der Waals surface area contributed by atoms with Crippen LogP contribution in [0.5, 0.6) is 0 Å². The molecule has 5 heteroatoms. The van der Waals surface area contributed by atoms with Crippen molar-refractivity contribution in [3.8, 4) is 0 Å². The molecule has 0 radical (unpaired) electrons. The van der Waals surface area contributed by atoms with E-state index in [1.165, 1.54) is 0 Å². The summed E-state index contributed by atoms with van der Waals surface area (Å²) in [5, 5.41) is 3.38. The molecule has 1 N–H and O–H groups in total. The minimum absolute atomic E-state index is 0.0978. The molecule has 1 aliphatic rings. The molecule has 1 atom stereocenters. The highest BCUT2D eigenvalue weighted by Gasteiger charge is 2.26. The van der Waals surface area contributed by atoms with Crippen LogP contribution in [0, 0.1) is 0 Å². The lowest BCUT2D eigenvalue weighted by Crippen LogP contribution is -2.42. The summed E-state index contributed by atoms with van der Waals surface area (Å²) < 4.78 is 26.8. The molecule has 0 spiro atoms. The average Bonchev–Trinajstić information content (AvgIpc) is 2.92. The summed E-state index contributed by atoms with van der Waals surface area (Å²) in [7, 11) is -3.23. The Kier molecular flexibility index (Phi) is 5.57. The lowest BCUT2D eigenvalue weighted by Gasteiger charge is -2.25. The summed E-state index contributed by atoms with van der Waals surface area (Å²) in [5.41, 5.74) is 0.855. The smallest absolute Gasteiger partial charge is 0.218 e. The van der Waals surface area contributed by atoms with Crippen molar-refractivity contribution in [3.05, 3.63) is 35.9 Å². The quantitative estimate of drug-likeness (QED) is 0.837. The van der Waals surface area contributed by atoms with Crippen molar-refractivity contribution in [2.45, 2.75) is 38.0 Å². The lowest BCUT2D eigenvalue weighted by molar-refractivity contribution is 0.369. The second-order valence-corrected chi connectivity index (χ2v) is 7.36. The second-order valence-electron chi connectivity index (χ2n) is 5.39. The highest BCUT2D eigenvalue weighted by atomic mass is 32.2. The van der Waals surface area contributed by atoms with Crippen molar-refractivity contribution in [1.82, 2.24) is 9.62 Å². The molecular weight excluding hydrogens is 272 g/mol. The maximum Gasteiger partial charge on any atom is 0.218 e. The van der Waals surface area contributed by atoms with Crippen LogP contribution in [0.3, 0.4) is 0 Å². The van der Waals surface area contributed by atoms with Gasteiger partial charge in [-0.25, -0.2) is 12.7 Å². The number of rotatable bonds is 7. The number of sulfonamides is 1. The monoisotopic (exact) mass is 296 g/mol. The van der Waals surface area contributed by atoms with Gasteiger partial charge < -0.3 is 5.32 Å². The third kappa shape index (κ3) is 4.30. The summed E-state index contributed by atoms with van der Waals surface area (Å²) in [6.45, 7) is 4.23. The van der Waals surface area contributed by atoms with Crippen molar-refractivity contribution >= 4 is 10.0 Å². The van der Waals surface area contributed by atoms with Crippen LogP contribution in [0.15, 0.2) is 30.3 Å². The highest BCUT2D eigenvalue weighted by Crippen LogP contribution is 2.15. The summed E-state index contributed by atoms with van der Waals surface area (Å²) in [4.78, 5) is 0. The minimum atomic E-state index is -3.23. The maximum absolute atomic E-state index is 12.6. The number of hydrogen-bond acceptors (Lipinski definition) is 3. The summed E-state index contributed by atoms with van der Waals surface area (Å²) >= 11 is 0. The van der Waals surface area contributed by atoms with E-state index in [4.69, 9.17) is 0 Å². The van der Waals surface area contributed by atoms with Gasteiger partial charge in [-0.15, -0.1) is 0 Å². The molecule has 112 valence electrons. The van der Waals surface area contributed by atoms with E-state index in [9.17, 15) is 8.42 Å². The molecule has 0 aromatic heterocycles. The Morgan fingerprint density at radius 2 is 2.05 bits per heavy atom. The van der Waals surface area contributed by atoms with Gasteiger partial charge in [0, 0.05) is 19.1 Å². The van der Waals surface area contributed by atoms with Crippen LogP contribution >= 0.6 is 0 Å². The van der Waals surface area contributed by atoms with Crippen LogP contribution in [0.4, 0.5) is 0 Å². The number of nitrogens with zero attached hydrogens (tertiary/aromatic N) is 1. The first-order valence-electron chi connectivity index (χ1n) is 7.37. The molecule has 1 unspecified atom stereocenters. The Morgan fingerprint density at radius 3 is 2.65 bits per heavy atom. The van der Waals surface area contributed by atoms with Gasteiger partial charge in [0.15, 0.2) is 0 Å². The number of benzene rings is 1. The predicted octanol–water partition coefficient (Wildman–Crippen LogP) is 1.98. The zero-order chi connectivity index (χ0) is 14.4. The van der Waals surface area contributed by atoms with Gasteiger partial charge in [0.2, 0.25) is 10.0 Å². The third-order valence-electron chi connectivity index (χ3n) is 3.64. The van der Waals surface area contributed by atoms with Crippen LogP contribution in [0.25, 0.3) is 0 Å². The highest BCUT2D eigenvalue weighted by molar-refractivity contribution is 7.88. The van der Waals surface area contributed by atoms with Gasteiger partial charge in [-0.05, 0) is 31.4 Å². The summed E-state index contributed by atoms with van der Waals surface area (Å²) in [6.07, 6.45) is 3.06. The van der Waals surface area contributed by atoms with E-state index in [2.05, 4.69) is 5.32 Å². The van der Waals surface area contributed by atoms with Gasteiger partial charge in [-0.1, -0.05) is 37.3 Å². The van der Waals surface area contributed by atoms with Crippen molar-refractivity contribution in [1.29, 1.82) is 0 Å². The van der Waals surface area contributed by atoms with Gasteiger partial charge in [-0.3, -0.25) is 0 Å². The third-order valence-corrected chi connectivity index (χ3v) is 5.46. The molecule has 0 aliphatic carbocycles. The molecule has 1 aromatic rings. The van der Waals surface area contributed by atoms with E-state index in [1.54, 1.807) is 4.31 Å². The van der Waals surface area contributed by atoms with E-state index in [1.807, 2.05) is 37.3 Å². The first-order chi connectivity index (χ1) is 9.62. The van der Waals surface area contributed by atoms with Crippen LogP contribution < -0.4 is 5.32 Å².